The molecule has 0 bridgehead atoms. The van der Waals surface area contributed by atoms with Gasteiger partial charge in [0.2, 0.25) is 0 Å². The largest absolute Gasteiger partial charge is 0.392 e. The van der Waals surface area contributed by atoms with Crippen molar-refractivity contribution in [3.05, 3.63) is 38.8 Å². The zero-order chi connectivity index (χ0) is 11.4. The van der Waals surface area contributed by atoms with Crippen LogP contribution in [0.2, 0.25) is 5.02 Å². The summed E-state index contributed by atoms with van der Waals surface area (Å²) in [6.07, 6.45) is 1.94. The molecular formula is C12H14BrClO. The van der Waals surface area contributed by atoms with Gasteiger partial charge in [0.05, 0.1) is 6.61 Å². The van der Waals surface area contributed by atoms with Crippen molar-refractivity contribution in [2.45, 2.75) is 13.8 Å². The maximum atomic E-state index is 9.19. The van der Waals surface area contributed by atoms with Crippen LogP contribution in [0.1, 0.15) is 19.4 Å². The van der Waals surface area contributed by atoms with Gasteiger partial charge in [0.1, 0.15) is 0 Å². The fourth-order valence-electron chi connectivity index (χ4n) is 1.22. The van der Waals surface area contributed by atoms with E-state index in [2.05, 4.69) is 15.9 Å². The molecule has 1 aromatic rings. The lowest BCUT2D eigenvalue weighted by Gasteiger charge is -2.09. The Morgan fingerprint density at radius 3 is 2.73 bits per heavy atom. The van der Waals surface area contributed by atoms with Crippen LogP contribution < -0.4 is 0 Å². The highest BCUT2D eigenvalue weighted by Gasteiger charge is 2.04. The van der Waals surface area contributed by atoms with E-state index in [0.29, 0.717) is 10.9 Å². The first kappa shape index (κ1) is 12.8. The first-order valence-corrected chi connectivity index (χ1v) is 5.98. The summed E-state index contributed by atoms with van der Waals surface area (Å²) in [4.78, 5) is 0. The van der Waals surface area contributed by atoms with Gasteiger partial charge in [0, 0.05) is 9.50 Å². The quantitative estimate of drug-likeness (QED) is 0.887. The third-order valence-electron chi connectivity index (χ3n) is 2.22. The van der Waals surface area contributed by atoms with Gasteiger partial charge in [-0.1, -0.05) is 47.5 Å². The molecule has 0 saturated carbocycles. The van der Waals surface area contributed by atoms with E-state index in [-0.39, 0.29) is 6.61 Å². The van der Waals surface area contributed by atoms with Gasteiger partial charge >= 0.3 is 0 Å². The Bertz CT molecular complexity index is 372. The second kappa shape index (κ2) is 5.69. The highest BCUT2D eigenvalue weighted by Crippen LogP contribution is 2.24. The Morgan fingerprint density at radius 1 is 1.53 bits per heavy atom. The summed E-state index contributed by atoms with van der Waals surface area (Å²) in [5.74, 6) is 0.324. The van der Waals surface area contributed by atoms with Crippen LogP contribution in [0.15, 0.2) is 28.2 Å². The number of rotatable bonds is 3. The second-order valence-electron chi connectivity index (χ2n) is 3.70. The molecule has 1 aromatic carbocycles. The van der Waals surface area contributed by atoms with E-state index in [9.17, 15) is 5.11 Å². The minimum atomic E-state index is 0.0699. The van der Waals surface area contributed by atoms with E-state index in [4.69, 9.17) is 11.6 Å². The average molecular weight is 290 g/mol. The number of hydrogen-bond acceptors (Lipinski definition) is 1. The molecule has 1 rings (SSSR count). The van der Waals surface area contributed by atoms with Crippen molar-refractivity contribution in [3.63, 3.8) is 0 Å². The van der Waals surface area contributed by atoms with Gasteiger partial charge in [-0.2, -0.15) is 0 Å². The van der Waals surface area contributed by atoms with Crippen molar-refractivity contribution < 1.29 is 5.11 Å². The van der Waals surface area contributed by atoms with Gasteiger partial charge in [0.15, 0.2) is 0 Å². The van der Waals surface area contributed by atoms with E-state index in [1.54, 1.807) is 0 Å². The third kappa shape index (κ3) is 3.63. The summed E-state index contributed by atoms with van der Waals surface area (Å²) in [7, 11) is 0. The van der Waals surface area contributed by atoms with E-state index in [1.165, 1.54) is 0 Å². The molecule has 0 spiro atoms. The van der Waals surface area contributed by atoms with Gasteiger partial charge in [-0.15, -0.1) is 0 Å². The van der Waals surface area contributed by atoms with Gasteiger partial charge in [-0.3, -0.25) is 0 Å². The summed E-state index contributed by atoms with van der Waals surface area (Å²) in [6.45, 7) is 4.17. The standard InChI is InChI=1S/C12H14BrClO/c1-8(2)10(7-15)5-9-6-11(13)3-4-12(9)14/h3-6,8,15H,7H2,1-2H3/b10-5+. The van der Waals surface area contributed by atoms with Crippen LogP contribution in [0.5, 0.6) is 0 Å². The molecule has 0 unspecified atom stereocenters. The minimum absolute atomic E-state index is 0.0699. The highest BCUT2D eigenvalue weighted by atomic mass is 79.9. The topological polar surface area (TPSA) is 20.2 Å². The van der Waals surface area contributed by atoms with Crippen molar-refractivity contribution in [1.29, 1.82) is 0 Å². The number of hydrogen-bond donors (Lipinski definition) is 1. The van der Waals surface area contributed by atoms with Crippen LogP contribution in [-0.4, -0.2) is 11.7 Å². The summed E-state index contributed by atoms with van der Waals surface area (Å²) >= 11 is 9.45. The van der Waals surface area contributed by atoms with Crippen LogP contribution in [-0.2, 0) is 0 Å². The Morgan fingerprint density at radius 2 is 2.20 bits per heavy atom. The van der Waals surface area contributed by atoms with Crippen molar-refractivity contribution in [3.8, 4) is 0 Å². The maximum Gasteiger partial charge on any atom is 0.0647 e. The first-order valence-electron chi connectivity index (χ1n) is 4.81. The monoisotopic (exact) mass is 288 g/mol. The zero-order valence-corrected chi connectivity index (χ0v) is 11.1. The third-order valence-corrected chi connectivity index (χ3v) is 3.06. The molecule has 0 fully saturated rings. The van der Waals surface area contributed by atoms with E-state index in [1.807, 2.05) is 38.1 Å². The molecule has 15 heavy (non-hydrogen) atoms. The number of aliphatic hydroxyl groups excluding tert-OH is 1. The highest BCUT2D eigenvalue weighted by molar-refractivity contribution is 9.10. The van der Waals surface area contributed by atoms with Crippen LogP contribution in [0, 0.1) is 5.92 Å². The number of halogens is 2. The molecule has 0 aromatic heterocycles. The lowest BCUT2D eigenvalue weighted by molar-refractivity contribution is 0.320. The molecule has 82 valence electrons. The summed E-state index contributed by atoms with van der Waals surface area (Å²) in [6, 6.07) is 5.68. The van der Waals surface area contributed by atoms with Gasteiger partial charge in [-0.25, -0.2) is 0 Å². The van der Waals surface area contributed by atoms with Crippen LogP contribution >= 0.6 is 27.5 Å². The molecule has 0 radical (unpaired) electrons. The number of aliphatic hydroxyl groups is 1. The fourth-order valence-corrected chi connectivity index (χ4v) is 1.77. The number of benzene rings is 1. The molecule has 3 heteroatoms. The molecule has 1 nitrogen and oxygen atoms in total. The molecule has 0 amide bonds. The molecule has 0 aliphatic heterocycles. The molecule has 0 saturated heterocycles. The zero-order valence-electron chi connectivity index (χ0n) is 8.80. The molecule has 0 aliphatic rings. The van der Waals surface area contributed by atoms with Gasteiger partial charge in [-0.05, 0) is 35.3 Å². The lowest BCUT2D eigenvalue weighted by atomic mass is 10.0. The van der Waals surface area contributed by atoms with Crippen molar-refractivity contribution >= 4 is 33.6 Å². The smallest absolute Gasteiger partial charge is 0.0647 e. The van der Waals surface area contributed by atoms with Gasteiger partial charge < -0.3 is 5.11 Å². The van der Waals surface area contributed by atoms with E-state index < -0.39 is 0 Å². The normalized spacial score (nSPS) is 12.3. The van der Waals surface area contributed by atoms with Crippen molar-refractivity contribution in [2.75, 3.05) is 6.61 Å². The predicted molar refractivity (Wildman–Crippen MR) is 69.1 cm³/mol. The van der Waals surface area contributed by atoms with E-state index in [0.717, 1.165) is 15.6 Å². The molecular weight excluding hydrogens is 275 g/mol. The van der Waals surface area contributed by atoms with E-state index >= 15 is 0 Å². The first-order chi connectivity index (χ1) is 7.04. The van der Waals surface area contributed by atoms with Crippen LogP contribution in [0.3, 0.4) is 0 Å². The Hall–Kier alpha value is -0.310. The molecule has 0 atom stereocenters. The summed E-state index contributed by atoms with van der Waals surface area (Å²) in [5, 5.41) is 9.89. The fraction of sp³-hybridized carbons (Fsp3) is 0.333. The SMILES string of the molecule is CC(C)/C(=C/c1cc(Br)ccc1Cl)CO. The summed E-state index contributed by atoms with van der Waals surface area (Å²) in [5.41, 5.74) is 1.92. The molecule has 0 heterocycles. The van der Waals surface area contributed by atoms with Crippen molar-refractivity contribution in [1.82, 2.24) is 0 Å². The van der Waals surface area contributed by atoms with Crippen molar-refractivity contribution in [2.24, 2.45) is 5.92 Å². The Balaban J connectivity index is 3.10. The van der Waals surface area contributed by atoms with Gasteiger partial charge in [0.25, 0.3) is 0 Å². The Labute approximate surface area is 104 Å². The lowest BCUT2D eigenvalue weighted by Crippen LogP contribution is -1.98. The second-order valence-corrected chi connectivity index (χ2v) is 5.02. The van der Waals surface area contributed by atoms with Crippen LogP contribution in [0.25, 0.3) is 6.08 Å². The Kier molecular flexibility index (Phi) is 4.84. The molecule has 1 N–H and O–H groups in total. The average Bonchev–Trinajstić information content (AvgIpc) is 2.18. The summed E-state index contributed by atoms with van der Waals surface area (Å²) < 4.78 is 0.985. The van der Waals surface area contributed by atoms with Crippen LogP contribution in [0.4, 0.5) is 0 Å². The maximum absolute atomic E-state index is 9.19. The predicted octanol–water partition coefficient (Wildman–Crippen LogP) is 4.13. The minimum Gasteiger partial charge on any atom is -0.392 e. The molecule has 0 aliphatic carbocycles.